The zero-order valence-electron chi connectivity index (χ0n) is 10.8. The lowest BCUT2D eigenvalue weighted by Crippen LogP contribution is -2.15. The van der Waals surface area contributed by atoms with Crippen LogP contribution in [0.2, 0.25) is 0 Å². The zero-order valence-corrected chi connectivity index (χ0v) is 10.8. The molecule has 0 spiro atoms. The molecule has 0 saturated heterocycles. The minimum atomic E-state index is -2.65. The van der Waals surface area contributed by atoms with E-state index < -0.39 is 31.2 Å². The van der Waals surface area contributed by atoms with E-state index in [0.29, 0.717) is 0 Å². The lowest BCUT2D eigenvalue weighted by atomic mass is 10.1. The van der Waals surface area contributed by atoms with Crippen molar-refractivity contribution in [3.63, 3.8) is 0 Å². The van der Waals surface area contributed by atoms with Crippen LogP contribution in [0.3, 0.4) is 0 Å². The molecule has 0 fully saturated rings. The Hall–Kier alpha value is -2.12. The summed E-state index contributed by atoms with van der Waals surface area (Å²) in [6.45, 7) is 0.971. The van der Waals surface area contributed by atoms with Gasteiger partial charge in [0.05, 0.1) is 13.0 Å². The number of hydrogen-bond acceptors (Lipinski definition) is 6. The summed E-state index contributed by atoms with van der Waals surface area (Å²) in [7, 11) is 0. The van der Waals surface area contributed by atoms with Gasteiger partial charge in [0.25, 0.3) is 6.43 Å². The van der Waals surface area contributed by atoms with Gasteiger partial charge in [-0.3, -0.25) is 14.6 Å². The van der Waals surface area contributed by atoms with E-state index in [9.17, 15) is 18.4 Å². The molecule has 0 atom stereocenters. The number of halogens is 2. The molecular formula is C12H14F2N2O4. The highest BCUT2D eigenvalue weighted by atomic mass is 19.3. The molecule has 20 heavy (non-hydrogen) atoms. The number of rotatable bonds is 8. The topological polar surface area (TPSA) is 78.4 Å². The molecule has 1 aromatic heterocycles. The first-order valence-electron chi connectivity index (χ1n) is 5.91. The van der Waals surface area contributed by atoms with E-state index in [-0.39, 0.29) is 24.6 Å². The van der Waals surface area contributed by atoms with Gasteiger partial charge in [0.15, 0.2) is 6.61 Å². The van der Waals surface area contributed by atoms with Crippen molar-refractivity contribution in [1.82, 2.24) is 9.97 Å². The number of alkyl halides is 2. The molecule has 1 rings (SSSR count). The monoisotopic (exact) mass is 288 g/mol. The summed E-state index contributed by atoms with van der Waals surface area (Å²) in [5.41, 5.74) is 0.113. The van der Waals surface area contributed by atoms with E-state index in [1.165, 1.54) is 12.4 Å². The van der Waals surface area contributed by atoms with Gasteiger partial charge in [-0.1, -0.05) is 0 Å². The van der Waals surface area contributed by atoms with Crippen LogP contribution >= 0.6 is 0 Å². The molecule has 6 nitrogen and oxygen atoms in total. The summed E-state index contributed by atoms with van der Waals surface area (Å²) in [4.78, 5) is 30.3. The first-order chi connectivity index (χ1) is 9.52. The van der Waals surface area contributed by atoms with Crippen molar-refractivity contribution in [2.24, 2.45) is 0 Å². The van der Waals surface area contributed by atoms with Crippen LogP contribution in [0.1, 0.15) is 19.0 Å². The van der Waals surface area contributed by atoms with Crippen LogP contribution in [-0.4, -0.2) is 41.4 Å². The van der Waals surface area contributed by atoms with Crippen molar-refractivity contribution >= 4 is 11.8 Å². The van der Waals surface area contributed by atoms with E-state index in [2.05, 4.69) is 14.7 Å². The second-order valence-electron chi connectivity index (χ2n) is 3.71. The number of carbonyl (C=O) groups is 2. The Bertz CT molecular complexity index is 469. The number of ketones is 1. The molecule has 0 aliphatic heterocycles. The summed E-state index contributed by atoms with van der Waals surface area (Å²) in [6, 6.07) is 0. The number of esters is 1. The lowest BCUT2D eigenvalue weighted by Gasteiger charge is -2.08. The van der Waals surface area contributed by atoms with Crippen molar-refractivity contribution in [2.45, 2.75) is 26.2 Å². The van der Waals surface area contributed by atoms with Crippen molar-refractivity contribution in [3.8, 4) is 5.88 Å². The number of aromatic nitrogens is 2. The number of nitrogens with zero attached hydrogens (tertiary/aromatic N) is 2. The highest BCUT2D eigenvalue weighted by Gasteiger charge is 2.16. The SMILES string of the molecule is CCOC(=O)CC(=O)Cc1nccnc1OCC(F)F. The molecule has 8 heteroatoms. The van der Waals surface area contributed by atoms with Crippen molar-refractivity contribution < 1.29 is 27.8 Å². The molecular weight excluding hydrogens is 274 g/mol. The number of hydrogen-bond donors (Lipinski definition) is 0. The normalized spacial score (nSPS) is 10.4. The fraction of sp³-hybridized carbons (Fsp3) is 0.500. The fourth-order valence-corrected chi connectivity index (χ4v) is 1.36. The third-order valence-electron chi connectivity index (χ3n) is 2.09. The van der Waals surface area contributed by atoms with Crippen LogP contribution in [0, 0.1) is 0 Å². The van der Waals surface area contributed by atoms with Crippen molar-refractivity contribution in [3.05, 3.63) is 18.1 Å². The molecule has 0 aliphatic rings. The van der Waals surface area contributed by atoms with Gasteiger partial charge in [-0.15, -0.1) is 0 Å². The molecule has 1 heterocycles. The molecule has 110 valence electrons. The van der Waals surface area contributed by atoms with Crippen LogP contribution in [-0.2, 0) is 20.7 Å². The third-order valence-corrected chi connectivity index (χ3v) is 2.09. The summed E-state index contributed by atoms with van der Waals surface area (Å²) in [5.74, 6) is -1.23. The first-order valence-corrected chi connectivity index (χ1v) is 5.91. The predicted octanol–water partition coefficient (Wildman–Crippen LogP) is 1.19. The molecule has 1 aromatic rings. The Morgan fingerprint density at radius 3 is 2.65 bits per heavy atom. The van der Waals surface area contributed by atoms with Gasteiger partial charge >= 0.3 is 5.97 Å². The maximum atomic E-state index is 12.1. The molecule has 0 aliphatic carbocycles. The maximum absolute atomic E-state index is 12.1. The van der Waals surface area contributed by atoms with E-state index >= 15 is 0 Å². The van der Waals surface area contributed by atoms with Crippen LogP contribution in [0.15, 0.2) is 12.4 Å². The van der Waals surface area contributed by atoms with Crippen LogP contribution in [0.25, 0.3) is 0 Å². The Kier molecular flexibility index (Phi) is 6.48. The molecule has 0 amide bonds. The number of Topliss-reactive ketones (excluding diaryl/α,β-unsaturated/α-hetero) is 1. The second kappa shape index (κ2) is 8.13. The summed E-state index contributed by atoms with van der Waals surface area (Å²) in [5, 5.41) is 0. The minimum Gasteiger partial charge on any atom is -0.470 e. The van der Waals surface area contributed by atoms with Crippen LogP contribution in [0.5, 0.6) is 5.88 Å². The smallest absolute Gasteiger partial charge is 0.313 e. The van der Waals surface area contributed by atoms with Gasteiger partial charge in [0.2, 0.25) is 5.88 Å². The average Bonchev–Trinajstić information content (AvgIpc) is 2.37. The van der Waals surface area contributed by atoms with Gasteiger partial charge in [-0.25, -0.2) is 13.8 Å². The van der Waals surface area contributed by atoms with Gasteiger partial charge in [-0.2, -0.15) is 0 Å². The average molecular weight is 288 g/mol. The Morgan fingerprint density at radius 2 is 2.00 bits per heavy atom. The Balaban J connectivity index is 2.62. The quantitative estimate of drug-likeness (QED) is 0.528. The fourth-order valence-electron chi connectivity index (χ4n) is 1.36. The lowest BCUT2D eigenvalue weighted by molar-refractivity contribution is -0.145. The van der Waals surface area contributed by atoms with Gasteiger partial charge in [0, 0.05) is 12.4 Å². The van der Waals surface area contributed by atoms with Gasteiger partial charge in [-0.05, 0) is 6.92 Å². The molecule has 0 unspecified atom stereocenters. The molecule has 0 aromatic carbocycles. The standard InChI is InChI=1S/C12H14F2N2O4/c1-2-19-11(18)6-8(17)5-9-12(16-4-3-15-9)20-7-10(13)14/h3-4,10H,2,5-7H2,1H3. The third kappa shape index (κ3) is 5.68. The van der Waals surface area contributed by atoms with E-state index in [4.69, 9.17) is 4.74 Å². The highest BCUT2D eigenvalue weighted by molar-refractivity contribution is 5.96. The molecule has 0 N–H and O–H groups in total. The Morgan fingerprint density at radius 1 is 1.30 bits per heavy atom. The van der Waals surface area contributed by atoms with E-state index in [1.807, 2.05) is 0 Å². The molecule has 0 bridgehead atoms. The highest BCUT2D eigenvalue weighted by Crippen LogP contribution is 2.14. The summed E-state index contributed by atoms with van der Waals surface area (Å²) >= 11 is 0. The van der Waals surface area contributed by atoms with Crippen molar-refractivity contribution in [2.75, 3.05) is 13.2 Å². The second-order valence-corrected chi connectivity index (χ2v) is 3.71. The van der Waals surface area contributed by atoms with E-state index in [1.54, 1.807) is 6.92 Å². The first kappa shape index (κ1) is 15.9. The van der Waals surface area contributed by atoms with Crippen molar-refractivity contribution in [1.29, 1.82) is 0 Å². The maximum Gasteiger partial charge on any atom is 0.313 e. The molecule has 0 saturated carbocycles. The van der Waals surface area contributed by atoms with Crippen LogP contribution < -0.4 is 4.74 Å². The van der Waals surface area contributed by atoms with E-state index in [0.717, 1.165) is 0 Å². The van der Waals surface area contributed by atoms with Gasteiger partial charge < -0.3 is 9.47 Å². The summed E-state index contributed by atoms with van der Waals surface area (Å²) < 4.78 is 33.5. The number of ether oxygens (including phenoxy) is 2. The van der Waals surface area contributed by atoms with Crippen LogP contribution in [0.4, 0.5) is 8.78 Å². The van der Waals surface area contributed by atoms with Gasteiger partial charge in [0.1, 0.15) is 17.9 Å². The summed E-state index contributed by atoms with van der Waals surface area (Å²) in [6.07, 6.45) is -0.716. The molecule has 0 radical (unpaired) electrons. The zero-order chi connectivity index (χ0) is 15.0. The largest absolute Gasteiger partial charge is 0.470 e. The Labute approximate surface area is 114 Å². The minimum absolute atomic E-state index is 0.113. The predicted molar refractivity (Wildman–Crippen MR) is 63.5 cm³/mol. The number of carbonyl (C=O) groups excluding carboxylic acids is 2.